The Morgan fingerprint density at radius 2 is 2.00 bits per heavy atom. The second-order valence-corrected chi connectivity index (χ2v) is 6.75. The molecule has 6 nitrogen and oxygen atoms in total. The van der Waals surface area contributed by atoms with Crippen LogP contribution in [0.2, 0.25) is 0 Å². The number of hydrogen-bond acceptors (Lipinski definition) is 6. The Morgan fingerprint density at radius 1 is 1.36 bits per heavy atom. The number of benzene rings is 1. The highest BCUT2D eigenvalue weighted by atomic mass is 32.2. The van der Waals surface area contributed by atoms with Crippen molar-refractivity contribution in [2.24, 2.45) is 0 Å². The normalized spacial score (nSPS) is 14.0. The molecule has 2 aromatic rings. The Balaban J connectivity index is 2.01. The van der Waals surface area contributed by atoms with Crippen molar-refractivity contribution in [1.29, 1.82) is 0 Å². The van der Waals surface area contributed by atoms with Crippen molar-refractivity contribution >= 4 is 39.1 Å². The molecular weight excluding hydrogens is 379 g/mol. The number of amides is 1. The number of carbonyl (C=O) groups is 1. The minimum Gasteiger partial charge on any atom is -0.771 e. The zero-order chi connectivity index (χ0) is 18.6. The molecule has 2 atom stereocenters. The van der Waals surface area contributed by atoms with Gasteiger partial charge in [-0.25, -0.2) is 4.98 Å². The fourth-order valence-electron chi connectivity index (χ4n) is 1.87. The lowest BCUT2D eigenvalue weighted by Crippen LogP contribution is -2.30. The molecule has 2 N–H and O–H groups in total. The SMILES string of the molecule is CC(C(=O)NCS(=O)[O-])c1ccc(Nc2nc(C(F)(F)F)cs2)cc1. The number of aromatic nitrogens is 1. The van der Waals surface area contributed by atoms with Gasteiger partial charge in [-0.1, -0.05) is 12.1 Å². The van der Waals surface area contributed by atoms with Gasteiger partial charge in [0.15, 0.2) is 10.8 Å². The Hall–Kier alpha value is -1.98. The number of alkyl halides is 3. The molecular formula is C14H13F3N3O3S2-. The van der Waals surface area contributed by atoms with Crippen molar-refractivity contribution < 1.29 is 26.7 Å². The molecule has 0 fully saturated rings. The van der Waals surface area contributed by atoms with Crippen molar-refractivity contribution in [3.8, 4) is 0 Å². The molecule has 136 valence electrons. The van der Waals surface area contributed by atoms with Crippen LogP contribution in [0.3, 0.4) is 0 Å². The largest absolute Gasteiger partial charge is 0.771 e. The van der Waals surface area contributed by atoms with Crippen molar-refractivity contribution in [3.63, 3.8) is 0 Å². The predicted molar refractivity (Wildman–Crippen MR) is 87.2 cm³/mol. The summed E-state index contributed by atoms with van der Waals surface area (Å²) in [5, 5.41) is 6.05. The van der Waals surface area contributed by atoms with E-state index in [4.69, 9.17) is 0 Å². The number of halogens is 3. The van der Waals surface area contributed by atoms with Gasteiger partial charge in [0, 0.05) is 11.1 Å². The molecule has 0 saturated carbocycles. The maximum absolute atomic E-state index is 12.5. The average molecular weight is 392 g/mol. The number of carbonyl (C=O) groups excluding carboxylic acids is 1. The van der Waals surface area contributed by atoms with Gasteiger partial charge < -0.3 is 15.2 Å². The van der Waals surface area contributed by atoms with Crippen LogP contribution in [0, 0.1) is 0 Å². The predicted octanol–water partition coefficient (Wildman–Crippen LogP) is 2.96. The molecule has 0 radical (unpaired) electrons. The first kappa shape index (κ1) is 19.3. The van der Waals surface area contributed by atoms with Crippen LogP contribution >= 0.6 is 11.3 Å². The van der Waals surface area contributed by atoms with Crippen LogP contribution in [-0.2, 0) is 22.1 Å². The van der Waals surface area contributed by atoms with Crippen LogP contribution in [0.4, 0.5) is 24.0 Å². The average Bonchev–Trinajstić information content (AvgIpc) is 3.01. The van der Waals surface area contributed by atoms with Gasteiger partial charge in [-0.15, -0.1) is 11.3 Å². The number of rotatable bonds is 6. The van der Waals surface area contributed by atoms with E-state index < -0.39 is 40.7 Å². The van der Waals surface area contributed by atoms with Crippen LogP contribution in [0.25, 0.3) is 0 Å². The maximum Gasteiger partial charge on any atom is 0.434 e. The van der Waals surface area contributed by atoms with Crippen LogP contribution in [0.15, 0.2) is 29.6 Å². The van der Waals surface area contributed by atoms with Gasteiger partial charge in [0.1, 0.15) is 0 Å². The highest BCUT2D eigenvalue weighted by molar-refractivity contribution is 7.79. The standard InChI is InChI=1S/C14H14F3N3O3S2/c1-8(12(21)18-7-25(22)23)9-2-4-10(5-3-9)19-13-20-11(6-24-13)14(15,16)17/h2-6,8H,7H2,1H3,(H,18,21)(H,19,20)(H,22,23)/p-1. The van der Waals surface area contributed by atoms with E-state index in [0.717, 1.165) is 16.7 Å². The Kier molecular flexibility index (Phi) is 6.14. The van der Waals surface area contributed by atoms with Crippen molar-refractivity contribution in [2.45, 2.75) is 19.0 Å². The van der Waals surface area contributed by atoms with E-state index in [0.29, 0.717) is 11.3 Å². The van der Waals surface area contributed by atoms with Crippen molar-refractivity contribution in [2.75, 3.05) is 11.2 Å². The fraction of sp³-hybridized carbons (Fsp3) is 0.286. The third-order valence-electron chi connectivity index (χ3n) is 3.21. The summed E-state index contributed by atoms with van der Waals surface area (Å²) in [7, 11) is 0. The number of nitrogens with zero attached hydrogens (tertiary/aromatic N) is 1. The summed E-state index contributed by atoms with van der Waals surface area (Å²) in [4.78, 5) is 15.3. The molecule has 1 aromatic carbocycles. The minimum absolute atomic E-state index is 0.101. The van der Waals surface area contributed by atoms with Crippen LogP contribution in [0.1, 0.15) is 24.1 Å². The molecule has 0 aliphatic rings. The number of thiazole rings is 1. The Bertz CT molecular complexity index is 763. The van der Waals surface area contributed by atoms with Gasteiger partial charge in [-0.3, -0.25) is 9.00 Å². The molecule has 0 aliphatic carbocycles. The first-order chi connectivity index (χ1) is 11.7. The molecule has 25 heavy (non-hydrogen) atoms. The van der Waals surface area contributed by atoms with Gasteiger partial charge in [-0.2, -0.15) is 13.2 Å². The van der Waals surface area contributed by atoms with Gasteiger partial charge in [0.25, 0.3) is 0 Å². The van der Waals surface area contributed by atoms with Crippen LogP contribution < -0.4 is 10.6 Å². The topological polar surface area (TPSA) is 94.2 Å². The first-order valence-electron chi connectivity index (χ1n) is 6.90. The molecule has 1 aromatic heterocycles. The summed E-state index contributed by atoms with van der Waals surface area (Å²) >= 11 is -1.54. The molecule has 11 heteroatoms. The number of nitrogens with one attached hydrogen (secondary N) is 2. The monoisotopic (exact) mass is 392 g/mol. The molecule has 2 unspecified atom stereocenters. The lowest BCUT2D eigenvalue weighted by atomic mass is 10.0. The van der Waals surface area contributed by atoms with Crippen molar-refractivity contribution in [1.82, 2.24) is 10.3 Å². The molecule has 0 spiro atoms. The molecule has 0 saturated heterocycles. The summed E-state index contributed by atoms with van der Waals surface area (Å²) in [5.74, 6) is -1.48. The lowest BCUT2D eigenvalue weighted by molar-refractivity contribution is -0.140. The second-order valence-electron chi connectivity index (χ2n) is 4.99. The minimum atomic E-state index is -4.49. The van der Waals surface area contributed by atoms with Crippen LogP contribution in [-0.4, -0.2) is 25.5 Å². The number of anilines is 2. The quantitative estimate of drug-likeness (QED) is 0.737. The van der Waals surface area contributed by atoms with E-state index in [1.807, 2.05) is 0 Å². The van der Waals surface area contributed by atoms with E-state index in [-0.39, 0.29) is 5.13 Å². The zero-order valence-corrected chi connectivity index (χ0v) is 14.4. The smallest absolute Gasteiger partial charge is 0.434 e. The third kappa shape index (κ3) is 5.51. The highest BCUT2D eigenvalue weighted by Crippen LogP contribution is 2.32. The summed E-state index contributed by atoms with van der Waals surface area (Å²) in [6.07, 6.45) is -4.49. The van der Waals surface area contributed by atoms with Gasteiger partial charge in [0.2, 0.25) is 5.91 Å². The molecule has 1 amide bonds. The summed E-state index contributed by atoms with van der Waals surface area (Å²) in [6, 6.07) is 6.44. The molecule has 2 rings (SSSR count). The lowest BCUT2D eigenvalue weighted by Gasteiger charge is -2.14. The van der Waals surface area contributed by atoms with E-state index in [1.54, 1.807) is 31.2 Å². The van der Waals surface area contributed by atoms with Gasteiger partial charge in [-0.05, 0) is 35.7 Å². The molecule has 1 heterocycles. The number of hydrogen-bond donors (Lipinski definition) is 2. The Morgan fingerprint density at radius 3 is 2.52 bits per heavy atom. The van der Waals surface area contributed by atoms with Gasteiger partial charge in [0.05, 0.1) is 11.8 Å². The molecule has 0 bridgehead atoms. The summed E-state index contributed by atoms with van der Waals surface area (Å²) in [6.45, 7) is 1.61. The zero-order valence-electron chi connectivity index (χ0n) is 12.8. The highest BCUT2D eigenvalue weighted by Gasteiger charge is 2.33. The van der Waals surface area contributed by atoms with E-state index in [2.05, 4.69) is 15.6 Å². The maximum atomic E-state index is 12.5. The summed E-state index contributed by atoms with van der Waals surface area (Å²) < 4.78 is 58.4. The van der Waals surface area contributed by atoms with Gasteiger partial charge >= 0.3 is 6.18 Å². The van der Waals surface area contributed by atoms with E-state index in [9.17, 15) is 26.7 Å². The van der Waals surface area contributed by atoms with E-state index in [1.165, 1.54) is 0 Å². The van der Waals surface area contributed by atoms with Crippen molar-refractivity contribution in [3.05, 3.63) is 40.9 Å². The Labute approximate surface area is 147 Å². The summed E-state index contributed by atoms with van der Waals surface area (Å²) in [5.41, 5.74) is 0.188. The second kappa shape index (κ2) is 7.93. The molecule has 0 aliphatic heterocycles. The first-order valence-corrected chi connectivity index (χ1v) is 9.02. The third-order valence-corrected chi connectivity index (χ3v) is 4.35. The van der Waals surface area contributed by atoms with Crippen LogP contribution in [0.5, 0.6) is 0 Å². The van der Waals surface area contributed by atoms with E-state index >= 15 is 0 Å². The fourth-order valence-corrected chi connectivity index (χ4v) is 2.87.